The molecule has 6 atom stereocenters. The van der Waals surface area contributed by atoms with Crippen molar-refractivity contribution >= 4 is 73.9 Å². The fraction of sp³-hybridized carbons (Fsp3) is 0.579. The van der Waals surface area contributed by atoms with Crippen molar-refractivity contribution in [3.8, 4) is 0 Å². The third-order valence-electron chi connectivity index (χ3n) is 9.83. The van der Waals surface area contributed by atoms with Crippen molar-refractivity contribution in [3.63, 3.8) is 0 Å². The van der Waals surface area contributed by atoms with Crippen LogP contribution in [0.1, 0.15) is 77.6 Å². The molecule has 0 saturated heterocycles. The van der Waals surface area contributed by atoms with Crippen molar-refractivity contribution in [2.75, 3.05) is 14.1 Å². The molecule has 2 N–H and O–H groups in total. The lowest BCUT2D eigenvalue weighted by Crippen LogP contribution is -2.59. The van der Waals surface area contributed by atoms with Gasteiger partial charge in [0.2, 0.25) is 9.80 Å². The van der Waals surface area contributed by atoms with Gasteiger partial charge in [0.15, 0.2) is 11.6 Å². The first-order valence-corrected chi connectivity index (χ1v) is 18.9. The van der Waals surface area contributed by atoms with Crippen LogP contribution >= 0.6 is 25.3 Å². The summed E-state index contributed by atoms with van der Waals surface area (Å²) in [6.07, 6.45) is 2.03. The average molecular weight is 767 g/mol. The molecule has 2 aromatic rings. The molecule has 50 heavy (non-hydrogen) atoms. The molecular weight excluding hydrogens is 709 g/mol. The standard InChI is InChI=1S/C38H56N2O6S4/c1-23(2)25(5)31(41)37(49,39(9)34(44)36(8,45)48)22-30-19-15-28(16-20-30)12-11-27-13-17-29(18-14-27)21-35(7,47)33(43)40(10)38(46,50)32(42)26(6)24(3)4/h13-20,23-26,45-50H,11-12,21-22H2,1-10H3/p+2/t25?,26?,35-,36+,37-,38-/m0/s1. The number of thiol groups is 2. The number of aryl methyl sites for hydroxylation is 2. The van der Waals surface area contributed by atoms with Gasteiger partial charge in [-0.2, -0.15) is 0 Å². The predicted molar refractivity (Wildman–Crippen MR) is 216 cm³/mol. The lowest BCUT2D eigenvalue weighted by atomic mass is 9.86. The van der Waals surface area contributed by atoms with E-state index in [4.69, 9.17) is 12.6 Å². The number of amides is 2. The lowest BCUT2D eigenvalue weighted by Gasteiger charge is -2.40. The van der Waals surface area contributed by atoms with E-state index in [0.717, 1.165) is 40.0 Å². The summed E-state index contributed by atoms with van der Waals surface area (Å²) in [6.45, 7) is 14.2. The number of benzene rings is 2. The van der Waals surface area contributed by atoms with Gasteiger partial charge in [0.05, 0.1) is 0 Å². The van der Waals surface area contributed by atoms with Crippen LogP contribution in [-0.4, -0.2) is 77.1 Å². The van der Waals surface area contributed by atoms with Gasteiger partial charge in [0.1, 0.15) is 4.87 Å². The smallest absolute Gasteiger partial charge is 0.307 e. The van der Waals surface area contributed by atoms with E-state index in [1.54, 1.807) is 13.8 Å². The minimum atomic E-state index is -2.24. The molecule has 0 fully saturated rings. The third-order valence-corrected chi connectivity index (χ3v) is 11.6. The van der Waals surface area contributed by atoms with Crippen LogP contribution < -0.4 is 0 Å². The van der Waals surface area contributed by atoms with Crippen molar-refractivity contribution in [1.29, 1.82) is 0 Å². The van der Waals surface area contributed by atoms with Gasteiger partial charge in [-0.15, -0.1) is 25.3 Å². The zero-order valence-electron chi connectivity index (χ0n) is 31.1. The van der Waals surface area contributed by atoms with E-state index < -0.39 is 43.1 Å². The highest BCUT2D eigenvalue weighted by atomic mass is 32.1. The number of hydrogen-bond acceptors (Lipinski definition) is 8. The Balaban J connectivity index is 2.12. The van der Waals surface area contributed by atoms with E-state index in [9.17, 15) is 29.4 Å². The van der Waals surface area contributed by atoms with Gasteiger partial charge < -0.3 is 15.1 Å². The predicted octanol–water partition coefficient (Wildman–Crippen LogP) is 3.89. The van der Waals surface area contributed by atoms with Gasteiger partial charge >= 0.3 is 5.91 Å². The SMILES string of the molecule is CC(C)C(C)C(=O)[C@](O)(S)N(C)C(=O)[C@@](C)([SH2+])Cc1ccc(CCc2ccc(C[C@](S)(C(=O)C(C)C(C)C)N(C)C(=O)[C@](C)(O)[SH2+])cc2)cc1. The molecular formula is C38H58N2O6S4+2. The molecule has 8 nitrogen and oxygen atoms in total. The molecule has 278 valence electrons. The largest absolute Gasteiger partial charge is 0.356 e. The Morgan fingerprint density at radius 1 is 0.640 bits per heavy atom. The molecule has 0 aliphatic carbocycles. The van der Waals surface area contributed by atoms with Crippen LogP contribution in [0.4, 0.5) is 0 Å². The maximum atomic E-state index is 13.7. The third kappa shape index (κ3) is 10.8. The zero-order valence-corrected chi connectivity index (χ0v) is 34.9. The highest BCUT2D eigenvalue weighted by molar-refractivity contribution is 7.82. The van der Waals surface area contributed by atoms with Gasteiger partial charge in [0, 0.05) is 58.3 Å². The summed E-state index contributed by atoms with van der Waals surface area (Å²) in [4.78, 5) is 51.8. The van der Waals surface area contributed by atoms with Crippen molar-refractivity contribution in [3.05, 3.63) is 70.8 Å². The lowest BCUT2D eigenvalue weighted by molar-refractivity contribution is -0.158. The molecule has 0 spiro atoms. The quantitative estimate of drug-likeness (QED) is 0.111. The average Bonchev–Trinajstić information content (AvgIpc) is 3.04. The highest BCUT2D eigenvalue weighted by Crippen LogP contribution is 2.33. The van der Waals surface area contributed by atoms with Crippen LogP contribution in [0, 0.1) is 23.7 Å². The number of rotatable bonds is 17. The van der Waals surface area contributed by atoms with Crippen LogP contribution in [0.2, 0.25) is 0 Å². The second kappa shape index (κ2) is 17.2. The summed E-state index contributed by atoms with van der Waals surface area (Å²) in [5, 5.41) is 19.0. The molecule has 0 aliphatic rings. The van der Waals surface area contributed by atoms with Gasteiger partial charge in [-0.05, 0) is 66.5 Å². The number of Topliss-reactive ketones (excluding diaryl/α,β-unsaturated/α-hetero) is 2. The molecule has 2 unspecified atom stereocenters. The summed E-state index contributed by atoms with van der Waals surface area (Å²) in [7, 11) is 2.87. The molecule has 2 rings (SSSR count). The van der Waals surface area contributed by atoms with Crippen LogP contribution in [0.25, 0.3) is 0 Å². The van der Waals surface area contributed by atoms with Gasteiger partial charge in [-0.3, -0.25) is 24.1 Å². The molecule has 0 heterocycles. The Kier molecular flexibility index (Phi) is 15.2. The normalized spacial score (nSPS) is 17.9. The van der Waals surface area contributed by atoms with Gasteiger partial charge in [-0.1, -0.05) is 90.1 Å². The van der Waals surface area contributed by atoms with E-state index >= 15 is 0 Å². The second-order valence-corrected chi connectivity index (χ2v) is 18.3. The fourth-order valence-electron chi connectivity index (χ4n) is 5.52. The van der Waals surface area contributed by atoms with E-state index in [2.05, 4.69) is 37.9 Å². The first kappa shape index (κ1) is 44.2. The van der Waals surface area contributed by atoms with E-state index in [1.165, 1.54) is 25.9 Å². The van der Waals surface area contributed by atoms with Crippen LogP contribution in [0.3, 0.4) is 0 Å². The number of carbonyl (C=O) groups is 4. The maximum Gasteiger partial charge on any atom is 0.307 e. The minimum absolute atomic E-state index is 0.0177. The maximum absolute atomic E-state index is 13.7. The molecule has 12 heteroatoms. The molecule has 2 amide bonds. The minimum Gasteiger partial charge on any atom is -0.356 e. The molecule has 0 radical (unpaired) electrons. The first-order valence-electron chi connectivity index (χ1n) is 17.0. The number of likely N-dealkylation sites (N-methyl/N-ethyl adjacent to an activating group) is 2. The molecule has 0 aromatic heterocycles. The topological polar surface area (TPSA) is 115 Å². The first-order chi connectivity index (χ1) is 22.8. The van der Waals surface area contributed by atoms with Crippen LogP contribution in [0.5, 0.6) is 0 Å². The summed E-state index contributed by atoms with van der Waals surface area (Å²) in [5.41, 5.74) is 3.94. The number of aliphatic hydroxyl groups is 2. The summed E-state index contributed by atoms with van der Waals surface area (Å²) in [6, 6.07) is 15.9. The Morgan fingerprint density at radius 2 is 1.00 bits per heavy atom. The van der Waals surface area contributed by atoms with Gasteiger partial charge in [-0.25, -0.2) is 0 Å². The Bertz CT molecular complexity index is 1500. The van der Waals surface area contributed by atoms with Crippen LogP contribution in [0.15, 0.2) is 48.5 Å². The number of carbonyl (C=O) groups excluding carboxylic acids is 4. The summed E-state index contributed by atoms with van der Waals surface area (Å²) in [5.74, 6) is -2.67. The molecule has 0 saturated carbocycles. The number of hydrogen-bond donors (Lipinski definition) is 4. The van der Waals surface area contributed by atoms with E-state index in [-0.39, 0.29) is 30.0 Å². The monoisotopic (exact) mass is 766 g/mol. The Morgan fingerprint density at radius 3 is 1.38 bits per heavy atom. The number of ketones is 2. The molecule has 0 aliphatic heterocycles. The van der Waals surface area contributed by atoms with Crippen LogP contribution in [-0.2, 0) is 70.1 Å². The Labute approximate surface area is 320 Å². The number of nitrogens with zero attached hydrogens (tertiary/aromatic N) is 2. The molecule has 2 aromatic carbocycles. The van der Waals surface area contributed by atoms with Crippen molar-refractivity contribution in [1.82, 2.24) is 9.80 Å². The van der Waals surface area contributed by atoms with E-state index in [1.807, 2.05) is 83.1 Å². The second-order valence-electron chi connectivity index (χ2n) is 14.9. The zero-order chi connectivity index (χ0) is 38.6. The Hall–Kier alpha value is -1.96. The van der Waals surface area contributed by atoms with E-state index in [0.29, 0.717) is 6.42 Å². The van der Waals surface area contributed by atoms with Crippen molar-refractivity contribution < 1.29 is 29.4 Å². The summed E-state index contributed by atoms with van der Waals surface area (Å²) < 4.78 is -1.09. The fourth-order valence-corrected chi connectivity index (χ4v) is 6.83. The van der Waals surface area contributed by atoms with Crippen molar-refractivity contribution in [2.24, 2.45) is 23.7 Å². The van der Waals surface area contributed by atoms with Gasteiger partial charge in [0.25, 0.3) is 10.8 Å². The summed E-state index contributed by atoms with van der Waals surface area (Å²) >= 11 is 15.7. The molecule has 0 bridgehead atoms. The highest BCUT2D eigenvalue weighted by Gasteiger charge is 2.50. The van der Waals surface area contributed by atoms with Crippen molar-refractivity contribution in [2.45, 2.75) is 101 Å².